The molecule has 1 aromatic carbocycles. The fourth-order valence-corrected chi connectivity index (χ4v) is 3.67. The smallest absolute Gasteiger partial charge is 0.216 e. The van der Waals surface area contributed by atoms with Crippen LogP contribution in [0.25, 0.3) is 0 Å². The van der Waals surface area contributed by atoms with E-state index in [1.165, 1.54) is 18.4 Å². The number of rotatable bonds is 8. The number of aryl methyl sites for hydroxylation is 2. The normalized spacial score (nSPS) is 15.9. The molecule has 0 aliphatic carbocycles. The minimum atomic E-state index is 0.449. The third kappa shape index (κ3) is 6.49. The molecule has 0 unspecified atom stereocenters. The fourth-order valence-electron chi connectivity index (χ4n) is 3.67. The quantitative estimate of drug-likeness (QED) is 0.511. The van der Waals surface area contributed by atoms with Crippen LogP contribution in [0.3, 0.4) is 0 Å². The van der Waals surface area contributed by atoms with Gasteiger partial charge in [0.05, 0.1) is 12.8 Å². The van der Waals surface area contributed by atoms with Crippen molar-refractivity contribution in [3.05, 3.63) is 47.2 Å². The van der Waals surface area contributed by atoms with Crippen LogP contribution in [0.4, 0.5) is 0 Å². The van der Waals surface area contributed by atoms with Gasteiger partial charge >= 0.3 is 0 Å². The summed E-state index contributed by atoms with van der Waals surface area (Å²) in [6.45, 7) is 11.4. The van der Waals surface area contributed by atoms with Crippen molar-refractivity contribution in [2.24, 2.45) is 10.9 Å². The number of hydrogen-bond acceptors (Lipinski definition) is 5. The number of hydrogen-bond donors (Lipinski definition) is 2. The number of oxazole rings is 1. The van der Waals surface area contributed by atoms with E-state index in [4.69, 9.17) is 9.15 Å². The van der Waals surface area contributed by atoms with Gasteiger partial charge in [-0.3, -0.25) is 4.90 Å². The Labute approximate surface area is 179 Å². The first-order chi connectivity index (χ1) is 14.6. The predicted molar refractivity (Wildman–Crippen MR) is 120 cm³/mol. The zero-order valence-corrected chi connectivity index (χ0v) is 18.7. The maximum absolute atomic E-state index is 5.62. The van der Waals surface area contributed by atoms with Crippen LogP contribution < -0.4 is 15.4 Å². The fraction of sp³-hybridized carbons (Fsp3) is 0.565. The van der Waals surface area contributed by atoms with E-state index in [1.54, 1.807) is 7.11 Å². The van der Waals surface area contributed by atoms with E-state index < -0.39 is 0 Å². The number of ether oxygens (including phenoxy) is 1. The van der Waals surface area contributed by atoms with E-state index in [0.717, 1.165) is 55.9 Å². The molecule has 0 spiro atoms. The molecule has 0 saturated carbocycles. The third-order valence-electron chi connectivity index (χ3n) is 5.62. The summed E-state index contributed by atoms with van der Waals surface area (Å²) >= 11 is 0. The van der Waals surface area contributed by atoms with E-state index in [9.17, 15) is 0 Å². The summed E-state index contributed by atoms with van der Waals surface area (Å²) in [6, 6.07) is 8.38. The molecule has 1 saturated heterocycles. The minimum Gasteiger partial charge on any atom is -0.497 e. The molecule has 1 aliphatic rings. The molecule has 30 heavy (non-hydrogen) atoms. The molecule has 7 heteroatoms. The van der Waals surface area contributed by atoms with Crippen LogP contribution in [-0.4, -0.2) is 49.1 Å². The van der Waals surface area contributed by atoms with Crippen LogP contribution >= 0.6 is 0 Å². The van der Waals surface area contributed by atoms with Crippen LogP contribution in [0.5, 0.6) is 5.75 Å². The van der Waals surface area contributed by atoms with Crippen molar-refractivity contribution < 1.29 is 9.15 Å². The van der Waals surface area contributed by atoms with Gasteiger partial charge in [0, 0.05) is 19.6 Å². The monoisotopic (exact) mass is 413 g/mol. The summed E-state index contributed by atoms with van der Waals surface area (Å²) in [5.74, 6) is 3.92. The molecule has 2 heterocycles. The second-order valence-corrected chi connectivity index (χ2v) is 7.89. The highest BCUT2D eigenvalue weighted by Crippen LogP contribution is 2.19. The molecule has 2 N–H and O–H groups in total. The van der Waals surface area contributed by atoms with E-state index in [-0.39, 0.29) is 0 Å². The van der Waals surface area contributed by atoms with Gasteiger partial charge in [-0.2, -0.15) is 0 Å². The molecule has 0 amide bonds. The van der Waals surface area contributed by atoms with Gasteiger partial charge in [0.15, 0.2) is 5.96 Å². The molecule has 1 fully saturated rings. The Bertz CT molecular complexity index is 788. The van der Waals surface area contributed by atoms with Crippen LogP contribution in [0.2, 0.25) is 0 Å². The van der Waals surface area contributed by atoms with Crippen molar-refractivity contribution in [3.63, 3.8) is 0 Å². The Morgan fingerprint density at radius 1 is 1.20 bits per heavy atom. The van der Waals surface area contributed by atoms with Crippen LogP contribution in [-0.2, 0) is 13.1 Å². The van der Waals surface area contributed by atoms with Crippen LogP contribution in [0.15, 0.2) is 33.7 Å². The van der Waals surface area contributed by atoms with Gasteiger partial charge in [0.1, 0.15) is 18.1 Å². The highest BCUT2D eigenvalue weighted by molar-refractivity contribution is 5.79. The first kappa shape index (κ1) is 22.2. The minimum absolute atomic E-state index is 0.449. The van der Waals surface area contributed by atoms with Crippen molar-refractivity contribution in [1.82, 2.24) is 20.5 Å². The molecule has 0 bridgehead atoms. The topological polar surface area (TPSA) is 74.9 Å². The van der Waals surface area contributed by atoms with Gasteiger partial charge in [-0.15, -0.1) is 0 Å². The molecule has 1 aromatic heterocycles. The number of aromatic nitrogens is 1. The van der Waals surface area contributed by atoms with Crippen molar-refractivity contribution in [2.45, 2.75) is 46.7 Å². The number of nitrogens with zero attached hydrogens (tertiary/aromatic N) is 3. The number of benzene rings is 1. The van der Waals surface area contributed by atoms with E-state index in [2.05, 4.69) is 44.6 Å². The summed E-state index contributed by atoms with van der Waals surface area (Å²) in [7, 11) is 1.70. The Kier molecular flexibility index (Phi) is 8.13. The standard InChI is InChI=1S/C23H35N5O2/c1-5-24-23(26-15-22-27-17(2)18(3)30-22)25-14-19-10-12-28(13-11-19)16-20-6-8-21(29-4)9-7-20/h6-9,19H,5,10-16H2,1-4H3,(H2,24,25,26). The van der Waals surface area contributed by atoms with Crippen molar-refractivity contribution in [2.75, 3.05) is 33.3 Å². The summed E-state index contributed by atoms with van der Waals surface area (Å²) in [4.78, 5) is 11.6. The zero-order valence-electron chi connectivity index (χ0n) is 18.7. The summed E-state index contributed by atoms with van der Waals surface area (Å²) in [5.41, 5.74) is 2.27. The average Bonchev–Trinajstić information content (AvgIpc) is 3.09. The van der Waals surface area contributed by atoms with Gasteiger partial charge in [-0.25, -0.2) is 9.98 Å². The first-order valence-corrected chi connectivity index (χ1v) is 10.9. The Hall–Kier alpha value is -2.54. The molecule has 1 aliphatic heterocycles. The molecular formula is C23H35N5O2. The number of guanidine groups is 1. The van der Waals surface area contributed by atoms with Crippen LogP contribution in [0, 0.1) is 19.8 Å². The zero-order chi connectivity index (χ0) is 21.3. The number of methoxy groups -OCH3 is 1. The van der Waals surface area contributed by atoms with Gasteiger partial charge in [0.25, 0.3) is 0 Å². The molecular weight excluding hydrogens is 378 g/mol. The van der Waals surface area contributed by atoms with Crippen molar-refractivity contribution >= 4 is 5.96 Å². The highest BCUT2D eigenvalue weighted by atomic mass is 16.5. The SMILES string of the molecule is CCNC(=NCc1nc(C)c(C)o1)NCC1CCN(Cc2ccc(OC)cc2)CC1. The predicted octanol–water partition coefficient (Wildman–Crippen LogP) is 3.27. The number of aliphatic imine (C=N–C) groups is 1. The lowest BCUT2D eigenvalue weighted by molar-refractivity contribution is 0.178. The Balaban J connectivity index is 1.42. The molecule has 2 aromatic rings. The lowest BCUT2D eigenvalue weighted by Crippen LogP contribution is -2.42. The van der Waals surface area contributed by atoms with Gasteiger partial charge in [-0.1, -0.05) is 12.1 Å². The summed E-state index contributed by atoms with van der Waals surface area (Å²) in [5, 5.41) is 6.81. The lowest BCUT2D eigenvalue weighted by Gasteiger charge is -2.32. The third-order valence-corrected chi connectivity index (χ3v) is 5.62. The van der Waals surface area contributed by atoms with Crippen LogP contribution in [0.1, 0.15) is 42.7 Å². The number of piperidine rings is 1. The average molecular weight is 414 g/mol. The largest absolute Gasteiger partial charge is 0.497 e. The summed E-state index contributed by atoms with van der Waals surface area (Å²) < 4.78 is 10.9. The lowest BCUT2D eigenvalue weighted by atomic mass is 9.96. The number of likely N-dealkylation sites (tertiary alicyclic amines) is 1. The molecule has 164 valence electrons. The van der Waals surface area contributed by atoms with E-state index >= 15 is 0 Å². The van der Waals surface area contributed by atoms with Gasteiger partial charge < -0.3 is 19.8 Å². The second-order valence-electron chi connectivity index (χ2n) is 7.89. The first-order valence-electron chi connectivity index (χ1n) is 10.9. The second kappa shape index (κ2) is 11.0. The van der Waals surface area contributed by atoms with E-state index in [0.29, 0.717) is 18.4 Å². The van der Waals surface area contributed by atoms with Crippen molar-refractivity contribution in [1.29, 1.82) is 0 Å². The molecule has 0 atom stereocenters. The highest BCUT2D eigenvalue weighted by Gasteiger charge is 2.19. The van der Waals surface area contributed by atoms with E-state index in [1.807, 2.05) is 26.0 Å². The Morgan fingerprint density at radius 2 is 1.93 bits per heavy atom. The van der Waals surface area contributed by atoms with Crippen molar-refractivity contribution in [3.8, 4) is 5.75 Å². The van der Waals surface area contributed by atoms with Gasteiger partial charge in [0.2, 0.25) is 5.89 Å². The maximum atomic E-state index is 5.62. The molecule has 7 nitrogen and oxygen atoms in total. The summed E-state index contributed by atoms with van der Waals surface area (Å²) in [6.07, 6.45) is 2.39. The Morgan fingerprint density at radius 3 is 2.53 bits per heavy atom. The molecule has 0 radical (unpaired) electrons. The molecule has 3 rings (SSSR count). The van der Waals surface area contributed by atoms with Gasteiger partial charge in [-0.05, 0) is 70.3 Å². The number of nitrogens with one attached hydrogen (secondary N) is 2. The maximum Gasteiger partial charge on any atom is 0.216 e.